The third kappa shape index (κ3) is 4.21. The smallest absolute Gasteiger partial charge is 0.305 e. The van der Waals surface area contributed by atoms with Crippen molar-refractivity contribution >= 4 is 11.9 Å². The van der Waals surface area contributed by atoms with Crippen molar-refractivity contribution in [1.82, 2.24) is 5.32 Å². The van der Waals surface area contributed by atoms with Crippen molar-refractivity contribution in [2.24, 2.45) is 0 Å². The summed E-state index contributed by atoms with van der Waals surface area (Å²) < 4.78 is 10.3. The number of carbonyl (C=O) groups excluding carboxylic acids is 2. The van der Waals surface area contributed by atoms with Gasteiger partial charge < -0.3 is 14.8 Å². The molecule has 2 atom stereocenters. The van der Waals surface area contributed by atoms with Gasteiger partial charge in [0.15, 0.2) is 0 Å². The van der Waals surface area contributed by atoms with Crippen LogP contribution in [0.3, 0.4) is 0 Å². The monoisotopic (exact) mass is 291 g/mol. The minimum absolute atomic E-state index is 0.0319. The van der Waals surface area contributed by atoms with Crippen LogP contribution in [0, 0.1) is 0 Å². The van der Waals surface area contributed by atoms with E-state index in [9.17, 15) is 9.59 Å². The van der Waals surface area contributed by atoms with Crippen molar-refractivity contribution in [2.75, 3.05) is 7.11 Å². The summed E-state index contributed by atoms with van der Waals surface area (Å²) in [5, 5.41) is 3.03. The fourth-order valence-electron chi connectivity index (χ4n) is 2.50. The van der Waals surface area contributed by atoms with Gasteiger partial charge in [0.25, 0.3) is 0 Å². The third-order valence-electron chi connectivity index (χ3n) is 3.54. The summed E-state index contributed by atoms with van der Waals surface area (Å²) >= 11 is 0. The Morgan fingerprint density at radius 3 is 2.86 bits per heavy atom. The second kappa shape index (κ2) is 7.11. The first-order valence-electron chi connectivity index (χ1n) is 7.22. The number of ether oxygens (including phenoxy) is 2. The molecule has 5 heteroatoms. The molecule has 2 rings (SSSR count). The van der Waals surface area contributed by atoms with E-state index in [0.717, 1.165) is 17.7 Å². The maximum Gasteiger partial charge on any atom is 0.305 e. The summed E-state index contributed by atoms with van der Waals surface area (Å²) in [5.74, 6) is 0.497. The zero-order chi connectivity index (χ0) is 15.2. The van der Waals surface area contributed by atoms with Gasteiger partial charge in [-0.15, -0.1) is 0 Å². The lowest BCUT2D eigenvalue weighted by Crippen LogP contribution is -2.35. The Kier molecular flexibility index (Phi) is 5.20. The summed E-state index contributed by atoms with van der Waals surface area (Å²) in [5.41, 5.74) is 1.01. The van der Waals surface area contributed by atoms with Crippen molar-refractivity contribution in [2.45, 2.75) is 44.8 Å². The average Bonchev–Trinajstić information content (AvgIpc) is 2.46. The number of para-hydroxylation sites is 1. The largest absolute Gasteiger partial charge is 0.490 e. The highest BCUT2D eigenvalue weighted by Crippen LogP contribution is 2.34. The molecule has 0 unspecified atom stereocenters. The molecule has 5 nitrogen and oxygen atoms in total. The molecular weight excluding hydrogens is 270 g/mol. The number of benzene rings is 1. The first kappa shape index (κ1) is 15.4. The number of fused-ring (bicyclic) bond motifs is 1. The molecule has 1 amide bonds. The number of esters is 1. The second-order valence-corrected chi connectivity index (χ2v) is 5.25. The summed E-state index contributed by atoms with van der Waals surface area (Å²) in [7, 11) is 1.35. The summed E-state index contributed by atoms with van der Waals surface area (Å²) in [6.45, 7) is 1.99. The summed E-state index contributed by atoms with van der Waals surface area (Å²) in [4.78, 5) is 23.0. The molecule has 114 valence electrons. The molecule has 0 saturated heterocycles. The molecule has 0 radical (unpaired) electrons. The molecule has 1 heterocycles. The molecule has 1 N–H and O–H groups in total. The van der Waals surface area contributed by atoms with Gasteiger partial charge in [-0.25, -0.2) is 0 Å². The van der Waals surface area contributed by atoms with Crippen LogP contribution >= 0.6 is 0 Å². The molecule has 0 fully saturated rings. The molecule has 0 aliphatic carbocycles. The van der Waals surface area contributed by atoms with Crippen molar-refractivity contribution in [1.29, 1.82) is 0 Å². The van der Waals surface area contributed by atoms with E-state index in [1.54, 1.807) is 0 Å². The lowest BCUT2D eigenvalue weighted by atomic mass is 9.97. The van der Waals surface area contributed by atoms with Gasteiger partial charge in [0.2, 0.25) is 5.91 Å². The Hall–Kier alpha value is -2.04. The van der Waals surface area contributed by atoms with E-state index >= 15 is 0 Å². The Bertz CT molecular complexity index is 515. The van der Waals surface area contributed by atoms with E-state index in [0.29, 0.717) is 12.8 Å². The van der Waals surface area contributed by atoms with Gasteiger partial charge in [0.1, 0.15) is 5.75 Å². The molecule has 1 aromatic rings. The SMILES string of the molecule is COC(=O)CCCC(=O)N[C@@H]1C[C@@H](C)Oc2ccccc21. The Morgan fingerprint density at radius 2 is 2.10 bits per heavy atom. The van der Waals surface area contributed by atoms with E-state index < -0.39 is 0 Å². The number of carbonyl (C=O) groups is 2. The Morgan fingerprint density at radius 1 is 1.33 bits per heavy atom. The molecule has 1 aromatic carbocycles. The van der Waals surface area contributed by atoms with Crippen LogP contribution in [0.15, 0.2) is 24.3 Å². The van der Waals surface area contributed by atoms with Crippen LogP contribution in [0.1, 0.15) is 44.2 Å². The van der Waals surface area contributed by atoms with Crippen LogP contribution in [-0.4, -0.2) is 25.1 Å². The zero-order valence-corrected chi connectivity index (χ0v) is 12.4. The van der Waals surface area contributed by atoms with Gasteiger partial charge in [-0.3, -0.25) is 9.59 Å². The fourth-order valence-corrected chi connectivity index (χ4v) is 2.50. The predicted molar refractivity (Wildman–Crippen MR) is 77.9 cm³/mol. The van der Waals surface area contributed by atoms with Crippen molar-refractivity contribution in [3.05, 3.63) is 29.8 Å². The maximum absolute atomic E-state index is 12.0. The zero-order valence-electron chi connectivity index (χ0n) is 12.4. The molecule has 0 bridgehead atoms. The van der Waals surface area contributed by atoms with Gasteiger partial charge in [-0.05, 0) is 19.4 Å². The highest BCUT2D eigenvalue weighted by molar-refractivity contribution is 5.77. The molecule has 0 aromatic heterocycles. The molecule has 0 spiro atoms. The quantitative estimate of drug-likeness (QED) is 0.846. The standard InChI is InChI=1S/C16H21NO4/c1-11-10-13(12-6-3-4-7-14(12)21-11)17-15(18)8-5-9-16(19)20-2/h3-4,6-7,11,13H,5,8-10H2,1-2H3,(H,17,18)/t11-,13-/m1/s1. The van der Waals surface area contributed by atoms with Crippen LogP contribution in [0.5, 0.6) is 5.75 Å². The van der Waals surface area contributed by atoms with Crippen LogP contribution < -0.4 is 10.1 Å². The highest BCUT2D eigenvalue weighted by atomic mass is 16.5. The number of amides is 1. The molecule has 0 saturated carbocycles. The van der Waals surface area contributed by atoms with Gasteiger partial charge in [-0.1, -0.05) is 18.2 Å². The van der Waals surface area contributed by atoms with Crippen LogP contribution in [0.25, 0.3) is 0 Å². The number of rotatable bonds is 5. The average molecular weight is 291 g/mol. The molecule has 1 aliphatic heterocycles. The van der Waals surface area contributed by atoms with Gasteiger partial charge in [0.05, 0.1) is 19.3 Å². The fraction of sp³-hybridized carbons (Fsp3) is 0.500. The number of methoxy groups -OCH3 is 1. The van der Waals surface area contributed by atoms with Crippen molar-refractivity contribution < 1.29 is 19.1 Å². The number of nitrogens with one attached hydrogen (secondary N) is 1. The van der Waals surface area contributed by atoms with Crippen LogP contribution in [0.4, 0.5) is 0 Å². The maximum atomic E-state index is 12.0. The topological polar surface area (TPSA) is 64.6 Å². The van der Waals surface area contributed by atoms with E-state index in [4.69, 9.17) is 4.74 Å². The summed E-state index contributed by atoms with van der Waals surface area (Å²) in [6.07, 6.45) is 1.91. The first-order valence-corrected chi connectivity index (χ1v) is 7.22. The Labute approximate surface area is 124 Å². The van der Waals surface area contributed by atoms with Crippen LogP contribution in [0.2, 0.25) is 0 Å². The summed E-state index contributed by atoms with van der Waals surface area (Å²) in [6, 6.07) is 7.72. The van der Waals surface area contributed by atoms with Crippen LogP contribution in [-0.2, 0) is 14.3 Å². The lowest BCUT2D eigenvalue weighted by molar-refractivity contribution is -0.140. The van der Waals surface area contributed by atoms with E-state index in [2.05, 4.69) is 10.1 Å². The van der Waals surface area contributed by atoms with E-state index in [1.807, 2.05) is 31.2 Å². The minimum atomic E-state index is -0.284. The first-order chi connectivity index (χ1) is 10.1. The molecule has 1 aliphatic rings. The minimum Gasteiger partial charge on any atom is -0.490 e. The molecular formula is C16H21NO4. The second-order valence-electron chi connectivity index (χ2n) is 5.25. The van der Waals surface area contributed by atoms with Crippen molar-refractivity contribution in [3.63, 3.8) is 0 Å². The highest BCUT2D eigenvalue weighted by Gasteiger charge is 2.26. The number of hydrogen-bond acceptors (Lipinski definition) is 4. The van der Waals surface area contributed by atoms with Crippen molar-refractivity contribution in [3.8, 4) is 5.75 Å². The van der Waals surface area contributed by atoms with E-state index in [-0.39, 0.29) is 30.4 Å². The van der Waals surface area contributed by atoms with E-state index in [1.165, 1.54) is 7.11 Å². The van der Waals surface area contributed by atoms with Gasteiger partial charge in [0, 0.05) is 24.8 Å². The molecule has 21 heavy (non-hydrogen) atoms. The Balaban J connectivity index is 1.90. The lowest BCUT2D eigenvalue weighted by Gasteiger charge is -2.31. The van der Waals surface area contributed by atoms with Gasteiger partial charge in [-0.2, -0.15) is 0 Å². The number of hydrogen-bond donors (Lipinski definition) is 1. The third-order valence-corrected chi connectivity index (χ3v) is 3.54. The predicted octanol–water partition coefficient (Wildman–Crippen LogP) is 2.36. The van der Waals surface area contributed by atoms with Gasteiger partial charge >= 0.3 is 5.97 Å². The normalized spacial score (nSPS) is 20.1.